The summed E-state index contributed by atoms with van der Waals surface area (Å²) in [6.45, 7) is 9.25. The van der Waals surface area contributed by atoms with E-state index in [0.29, 0.717) is 34.5 Å². The first-order chi connectivity index (χ1) is 15.9. The SMILES string of the molecule is Cc1nc(NC2(C)CC2)nc(NC2(O)CCC(C(C)(C)O)C2O)c1-c1nc2c(C)nccc2s1. The van der Waals surface area contributed by atoms with Crippen molar-refractivity contribution in [3.8, 4) is 10.6 Å². The third-order valence-corrected chi connectivity index (χ3v) is 8.19. The standard InChI is InChI=1S/C24H32N6O3S/c1-12-16(20-27-17-13(2)25-11-7-15(17)34-20)19(28-21(26-12)30-23(5)9-10-23)29-24(33)8-6-14(18(24)31)22(3,4)32/h7,11,14,18,31-33H,6,8-10H2,1-5H3,(H2,26,28,29,30). The summed E-state index contributed by atoms with van der Waals surface area (Å²) in [4.78, 5) is 18.6. The number of fused-ring (bicyclic) bond motifs is 1. The average molecular weight is 485 g/mol. The first-order valence-electron chi connectivity index (χ1n) is 11.7. The molecule has 3 heterocycles. The molecule has 0 bridgehead atoms. The van der Waals surface area contributed by atoms with Gasteiger partial charge in [0.25, 0.3) is 0 Å². The lowest BCUT2D eigenvalue weighted by Crippen LogP contribution is -2.51. The molecule has 0 spiro atoms. The Morgan fingerprint density at radius 3 is 2.44 bits per heavy atom. The molecule has 182 valence electrons. The van der Waals surface area contributed by atoms with Crippen LogP contribution < -0.4 is 10.6 Å². The summed E-state index contributed by atoms with van der Waals surface area (Å²) >= 11 is 1.51. The molecule has 3 atom stereocenters. The highest BCUT2D eigenvalue weighted by atomic mass is 32.1. The minimum absolute atomic E-state index is 0.0281. The van der Waals surface area contributed by atoms with Crippen LogP contribution in [0.4, 0.5) is 11.8 Å². The van der Waals surface area contributed by atoms with E-state index in [1.54, 1.807) is 20.0 Å². The Morgan fingerprint density at radius 1 is 1.09 bits per heavy atom. The molecule has 2 fully saturated rings. The molecule has 2 saturated carbocycles. The second kappa shape index (κ2) is 7.81. The van der Waals surface area contributed by atoms with E-state index in [4.69, 9.17) is 15.0 Å². The summed E-state index contributed by atoms with van der Waals surface area (Å²) < 4.78 is 1.00. The molecule has 2 aliphatic carbocycles. The normalized spacial score (nSPS) is 26.1. The second-order valence-corrected chi connectivity index (χ2v) is 11.6. The molecule has 9 nitrogen and oxygen atoms in total. The summed E-state index contributed by atoms with van der Waals surface area (Å²) in [5.74, 6) is 0.398. The zero-order valence-corrected chi connectivity index (χ0v) is 21.0. The number of nitrogens with one attached hydrogen (secondary N) is 2. The van der Waals surface area contributed by atoms with E-state index < -0.39 is 23.3 Å². The highest BCUT2D eigenvalue weighted by molar-refractivity contribution is 7.21. The predicted molar refractivity (Wildman–Crippen MR) is 133 cm³/mol. The van der Waals surface area contributed by atoms with Gasteiger partial charge in [-0.2, -0.15) is 4.98 Å². The molecule has 3 aromatic heterocycles. The lowest BCUT2D eigenvalue weighted by molar-refractivity contribution is -0.0926. The third-order valence-electron chi connectivity index (χ3n) is 7.16. The molecule has 0 aliphatic heterocycles. The molecular weight excluding hydrogens is 452 g/mol. The van der Waals surface area contributed by atoms with Crippen LogP contribution in [0.5, 0.6) is 0 Å². The Hall–Kier alpha value is -2.40. The first-order valence-corrected chi connectivity index (χ1v) is 12.5. The number of thiazole rings is 1. The maximum atomic E-state index is 11.4. The molecule has 3 aromatic rings. The monoisotopic (exact) mass is 484 g/mol. The van der Waals surface area contributed by atoms with Crippen molar-refractivity contribution in [2.24, 2.45) is 5.92 Å². The molecule has 3 unspecified atom stereocenters. The number of anilines is 2. The van der Waals surface area contributed by atoms with Crippen LogP contribution in [0.3, 0.4) is 0 Å². The number of aliphatic hydroxyl groups excluding tert-OH is 1. The van der Waals surface area contributed by atoms with Gasteiger partial charge in [-0.05, 0) is 66.4 Å². The number of aryl methyl sites for hydroxylation is 2. The van der Waals surface area contributed by atoms with Gasteiger partial charge < -0.3 is 26.0 Å². The smallest absolute Gasteiger partial charge is 0.225 e. The van der Waals surface area contributed by atoms with Crippen LogP contribution in [0.1, 0.15) is 57.8 Å². The third kappa shape index (κ3) is 4.13. The molecule has 5 rings (SSSR count). The van der Waals surface area contributed by atoms with Crippen molar-refractivity contribution >= 4 is 33.3 Å². The largest absolute Gasteiger partial charge is 0.390 e. The van der Waals surface area contributed by atoms with Crippen LogP contribution in [-0.2, 0) is 0 Å². The minimum atomic E-state index is -1.64. The highest BCUT2D eigenvalue weighted by Crippen LogP contribution is 2.44. The average Bonchev–Trinajstić information content (AvgIpc) is 3.14. The molecule has 34 heavy (non-hydrogen) atoms. The Balaban J connectivity index is 1.59. The van der Waals surface area contributed by atoms with Crippen molar-refractivity contribution in [2.45, 2.75) is 83.3 Å². The number of hydrogen-bond donors (Lipinski definition) is 5. The molecule has 10 heteroatoms. The first kappa shape index (κ1) is 23.3. The molecular formula is C24H32N6O3S. The van der Waals surface area contributed by atoms with E-state index in [9.17, 15) is 15.3 Å². The van der Waals surface area contributed by atoms with Crippen molar-refractivity contribution in [3.05, 3.63) is 23.7 Å². The number of aromatic nitrogens is 4. The maximum Gasteiger partial charge on any atom is 0.225 e. The van der Waals surface area contributed by atoms with E-state index in [1.807, 2.05) is 19.9 Å². The number of nitrogens with zero attached hydrogens (tertiary/aromatic N) is 4. The lowest BCUT2D eigenvalue weighted by atomic mass is 9.87. The van der Waals surface area contributed by atoms with Gasteiger partial charge in [0, 0.05) is 17.7 Å². The lowest BCUT2D eigenvalue weighted by Gasteiger charge is -2.34. The Morgan fingerprint density at radius 2 is 1.82 bits per heavy atom. The van der Waals surface area contributed by atoms with Gasteiger partial charge in [-0.15, -0.1) is 11.3 Å². The van der Waals surface area contributed by atoms with Gasteiger partial charge in [0.1, 0.15) is 22.4 Å². The van der Waals surface area contributed by atoms with E-state index in [0.717, 1.165) is 28.8 Å². The summed E-state index contributed by atoms with van der Waals surface area (Å²) in [5.41, 5.74) is 0.256. The van der Waals surface area contributed by atoms with Gasteiger partial charge in [0.2, 0.25) is 5.95 Å². The van der Waals surface area contributed by atoms with E-state index in [1.165, 1.54) is 11.3 Å². The van der Waals surface area contributed by atoms with Crippen molar-refractivity contribution in [1.29, 1.82) is 0 Å². The van der Waals surface area contributed by atoms with Gasteiger partial charge in [0.15, 0.2) is 5.72 Å². The summed E-state index contributed by atoms with van der Waals surface area (Å²) in [7, 11) is 0. The second-order valence-electron chi connectivity index (χ2n) is 10.6. The molecule has 5 N–H and O–H groups in total. The Bertz CT molecular complexity index is 1250. The number of aliphatic hydroxyl groups is 3. The van der Waals surface area contributed by atoms with E-state index >= 15 is 0 Å². The summed E-state index contributed by atoms with van der Waals surface area (Å²) in [5, 5.41) is 40.2. The van der Waals surface area contributed by atoms with Gasteiger partial charge in [-0.25, -0.2) is 9.97 Å². The highest BCUT2D eigenvalue weighted by Gasteiger charge is 2.52. The van der Waals surface area contributed by atoms with Gasteiger partial charge in [0.05, 0.1) is 27.3 Å². The Labute approximate surface area is 202 Å². The zero-order valence-electron chi connectivity index (χ0n) is 20.2. The van der Waals surface area contributed by atoms with Gasteiger partial charge in [-0.3, -0.25) is 4.98 Å². The van der Waals surface area contributed by atoms with Crippen LogP contribution in [0.2, 0.25) is 0 Å². The van der Waals surface area contributed by atoms with Crippen LogP contribution >= 0.6 is 11.3 Å². The number of rotatable bonds is 6. The molecule has 0 saturated heterocycles. The summed E-state index contributed by atoms with van der Waals surface area (Å²) in [6.07, 6.45) is 3.42. The summed E-state index contributed by atoms with van der Waals surface area (Å²) in [6, 6.07) is 1.93. The zero-order chi connectivity index (χ0) is 24.5. The fourth-order valence-corrected chi connectivity index (χ4v) is 5.85. The Kier molecular flexibility index (Phi) is 5.36. The van der Waals surface area contributed by atoms with Crippen LogP contribution in [0.25, 0.3) is 20.8 Å². The number of pyridine rings is 1. The quantitative estimate of drug-likeness (QED) is 0.334. The van der Waals surface area contributed by atoms with Crippen molar-refractivity contribution in [2.75, 3.05) is 10.6 Å². The number of hydrogen-bond acceptors (Lipinski definition) is 10. The van der Waals surface area contributed by atoms with Crippen LogP contribution in [0.15, 0.2) is 12.3 Å². The molecule has 2 aliphatic rings. The molecule has 0 amide bonds. The van der Waals surface area contributed by atoms with Crippen LogP contribution in [-0.4, -0.2) is 58.2 Å². The van der Waals surface area contributed by atoms with E-state index in [-0.39, 0.29) is 12.0 Å². The predicted octanol–water partition coefficient (Wildman–Crippen LogP) is 3.37. The maximum absolute atomic E-state index is 11.4. The van der Waals surface area contributed by atoms with E-state index in [2.05, 4.69) is 22.5 Å². The van der Waals surface area contributed by atoms with Crippen molar-refractivity contribution in [1.82, 2.24) is 19.9 Å². The molecule has 0 aromatic carbocycles. The fourth-order valence-electron chi connectivity index (χ4n) is 4.74. The molecule has 0 radical (unpaired) electrons. The van der Waals surface area contributed by atoms with Crippen LogP contribution in [0, 0.1) is 19.8 Å². The van der Waals surface area contributed by atoms with Crippen molar-refractivity contribution in [3.63, 3.8) is 0 Å². The topological polar surface area (TPSA) is 136 Å². The fraction of sp³-hybridized carbons (Fsp3) is 0.583. The minimum Gasteiger partial charge on any atom is -0.390 e. The van der Waals surface area contributed by atoms with Gasteiger partial charge >= 0.3 is 0 Å². The van der Waals surface area contributed by atoms with Gasteiger partial charge in [-0.1, -0.05) is 0 Å². The van der Waals surface area contributed by atoms with Crippen molar-refractivity contribution < 1.29 is 15.3 Å².